The second kappa shape index (κ2) is 5.86. The first-order valence-corrected chi connectivity index (χ1v) is 5.82. The summed E-state index contributed by atoms with van der Waals surface area (Å²) in [5, 5.41) is 9.11. The third-order valence-electron chi connectivity index (χ3n) is 2.33. The van der Waals surface area contributed by atoms with Gasteiger partial charge in [-0.05, 0) is 18.6 Å². The Morgan fingerprint density at radius 2 is 2.39 bits per heavy atom. The maximum absolute atomic E-state index is 11.8. The first-order valence-electron chi connectivity index (χ1n) is 5.82. The topological polar surface area (TPSA) is 67.0 Å². The number of carbonyl (C=O) groups excluding carboxylic acids is 1. The number of amides is 1. The predicted molar refractivity (Wildman–Crippen MR) is 68.8 cm³/mol. The van der Waals surface area contributed by atoms with Crippen LogP contribution in [0, 0.1) is 0 Å². The van der Waals surface area contributed by atoms with Crippen molar-refractivity contribution in [1.29, 1.82) is 0 Å². The van der Waals surface area contributed by atoms with Crippen molar-refractivity contribution in [2.45, 2.75) is 13.3 Å². The Morgan fingerprint density at radius 1 is 1.50 bits per heavy atom. The largest absolute Gasteiger partial charge is 0.494 e. The van der Waals surface area contributed by atoms with E-state index in [0.29, 0.717) is 17.9 Å². The maximum atomic E-state index is 11.8. The zero-order valence-electron chi connectivity index (χ0n) is 10.1. The molecule has 0 bridgehead atoms. The van der Waals surface area contributed by atoms with Crippen LogP contribution in [0.25, 0.3) is 0 Å². The summed E-state index contributed by atoms with van der Waals surface area (Å²) in [5.74, 6) is 0.554. The lowest BCUT2D eigenvalue weighted by atomic mass is 10.2. The van der Waals surface area contributed by atoms with Crippen LogP contribution in [0.3, 0.4) is 0 Å². The van der Waals surface area contributed by atoms with Gasteiger partial charge in [-0.15, -0.1) is 0 Å². The van der Waals surface area contributed by atoms with Gasteiger partial charge in [-0.1, -0.05) is 13.0 Å². The molecule has 1 aromatic heterocycles. The number of hydrogen-bond acceptors (Lipinski definition) is 3. The normalized spacial score (nSPS) is 10.1. The van der Waals surface area contributed by atoms with Crippen molar-refractivity contribution in [3.8, 4) is 5.75 Å². The number of hydrogen-bond donors (Lipinski definition) is 2. The third kappa shape index (κ3) is 3.10. The van der Waals surface area contributed by atoms with E-state index in [-0.39, 0.29) is 5.91 Å². The Hall–Kier alpha value is -2.30. The molecule has 1 aromatic carbocycles. The van der Waals surface area contributed by atoms with E-state index >= 15 is 0 Å². The zero-order valence-corrected chi connectivity index (χ0v) is 10.1. The average molecular weight is 245 g/mol. The van der Waals surface area contributed by atoms with Crippen molar-refractivity contribution in [2.24, 2.45) is 0 Å². The summed E-state index contributed by atoms with van der Waals surface area (Å²) in [6.07, 6.45) is 3.98. The van der Waals surface area contributed by atoms with E-state index < -0.39 is 0 Å². The highest BCUT2D eigenvalue weighted by Crippen LogP contribution is 2.18. The van der Waals surface area contributed by atoms with Gasteiger partial charge < -0.3 is 10.1 Å². The number of nitrogens with one attached hydrogen (secondary N) is 2. The maximum Gasteiger partial charge on any atom is 0.258 e. The minimum absolute atomic E-state index is 0.198. The van der Waals surface area contributed by atoms with Gasteiger partial charge >= 0.3 is 0 Å². The molecule has 0 aliphatic heterocycles. The highest BCUT2D eigenvalue weighted by molar-refractivity contribution is 6.03. The molecule has 0 saturated carbocycles. The Morgan fingerprint density at radius 3 is 3.11 bits per heavy atom. The summed E-state index contributed by atoms with van der Waals surface area (Å²) in [5.41, 5.74) is 1.20. The Kier molecular flexibility index (Phi) is 3.96. The van der Waals surface area contributed by atoms with Crippen LogP contribution >= 0.6 is 0 Å². The van der Waals surface area contributed by atoms with Crippen LogP contribution in [0.4, 0.5) is 5.69 Å². The van der Waals surface area contributed by atoms with Gasteiger partial charge in [0.25, 0.3) is 5.91 Å². The standard InChI is InChI=1S/C13H15N3O2/c1-2-6-18-12-5-3-4-11(7-12)16-13(17)10-8-14-15-9-10/h3-5,7-9H,2,6H2,1H3,(H,14,15)(H,16,17). The zero-order chi connectivity index (χ0) is 12.8. The Labute approximate surface area is 105 Å². The smallest absolute Gasteiger partial charge is 0.258 e. The van der Waals surface area contributed by atoms with Gasteiger partial charge in [-0.3, -0.25) is 9.89 Å². The highest BCUT2D eigenvalue weighted by atomic mass is 16.5. The first kappa shape index (κ1) is 12.2. The van der Waals surface area contributed by atoms with Crippen molar-refractivity contribution in [2.75, 3.05) is 11.9 Å². The molecule has 0 aliphatic rings. The molecule has 0 radical (unpaired) electrons. The SMILES string of the molecule is CCCOc1cccc(NC(=O)c2cn[nH]c2)c1. The summed E-state index contributed by atoms with van der Waals surface area (Å²) in [6.45, 7) is 2.71. The number of aromatic nitrogens is 2. The second-order valence-corrected chi connectivity index (χ2v) is 3.82. The minimum Gasteiger partial charge on any atom is -0.494 e. The summed E-state index contributed by atoms with van der Waals surface area (Å²) in [6, 6.07) is 7.32. The van der Waals surface area contributed by atoms with Crippen LogP contribution in [0.5, 0.6) is 5.75 Å². The fourth-order valence-electron chi connectivity index (χ4n) is 1.46. The number of carbonyl (C=O) groups is 1. The van der Waals surface area contributed by atoms with Crippen molar-refractivity contribution in [1.82, 2.24) is 10.2 Å². The molecule has 5 nitrogen and oxygen atoms in total. The molecule has 0 aliphatic carbocycles. The van der Waals surface area contributed by atoms with Crippen molar-refractivity contribution >= 4 is 11.6 Å². The van der Waals surface area contributed by atoms with Gasteiger partial charge in [0.15, 0.2) is 0 Å². The number of aromatic amines is 1. The van der Waals surface area contributed by atoms with Crippen LogP contribution in [-0.4, -0.2) is 22.7 Å². The third-order valence-corrected chi connectivity index (χ3v) is 2.33. The molecule has 0 unspecified atom stereocenters. The molecule has 5 heteroatoms. The van der Waals surface area contributed by atoms with Crippen LogP contribution in [-0.2, 0) is 0 Å². The molecule has 94 valence electrons. The van der Waals surface area contributed by atoms with Gasteiger partial charge in [-0.2, -0.15) is 5.10 Å². The second-order valence-electron chi connectivity index (χ2n) is 3.82. The summed E-state index contributed by atoms with van der Waals surface area (Å²) in [4.78, 5) is 11.8. The molecule has 1 heterocycles. The van der Waals surface area contributed by atoms with Gasteiger partial charge in [0.2, 0.25) is 0 Å². The number of rotatable bonds is 5. The molecule has 0 fully saturated rings. The van der Waals surface area contributed by atoms with E-state index in [0.717, 1.165) is 12.2 Å². The number of ether oxygens (including phenoxy) is 1. The predicted octanol–water partition coefficient (Wildman–Crippen LogP) is 2.45. The summed E-state index contributed by atoms with van der Waals surface area (Å²) < 4.78 is 5.50. The lowest BCUT2D eigenvalue weighted by Gasteiger charge is -2.07. The molecule has 2 N–H and O–H groups in total. The monoisotopic (exact) mass is 245 g/mol. The lowest BCUT2D eigenvalue weighted by molar-refractivity contribution is 0.102. The molecule has 0 saturated heterocycles. The van der Waals surface area contributed by atoms with E-state index in [1.165, 1.54) is 6.20 Å². The van der Waals surface area contributed by atoms with E-state index in [9.17, 15) is 4.79 Å². The molecule has 0 spiro atoms. The number of anilines is 1. The van der Waals surface area contributed by atoms with Crippen LogP contribution in [0.2, 0.25) is 0 Å². The van der Waals surface area contributed by atoms with Crippen LogP contribution in [0.1, 0.15) is 23.7 Å². The van der Waals surface area contributed by atoms with Crippen LogP contribution in [0.15, 0.2) is 36.7 Å². The number of H-pyrrole nitrogens is 1. The van der Waals surface area contributed by atoms with Gasteiger partial charge in [0, 0.05) is 18.0 Å². The summed E-state index contributed by atoms with van der Waals surface area (Å²) in [7, 11) is 0. The average Bonchev–Trinajstić information content (AvgIpc) is 2.91. The molecule has 0 atom stereocenters. The number of nitrogens with zero attached hydrogens (tertiary/aromatic N) is 1. The van der Waals surface area contributed by atoms with Gasteiger partial charge in [0.05, 0.1) is 18.4 Å². The van der Waals surface area contributed by atoms with E-state index in [1.54, 1.807) is 12.3 Å². The Balaban J connectivity index is 2.03. The van der Waals surface area contributed by atoms with Crippen molar-refractivity contribution in [3.05, 3.63) is 42.2 Å². The lowest BCUT2D eigenvalue weighted by Crippen LogP contribution is -2.10. The highest BCUT2D eigenvalue weighted by Gasteiger charge is 2.07. The van der Waals surface area contributed by atoms with E-state index in [1.807, 2.05) is 25.1 Å². The molecule has 2 rings (SSSR count). The van der Waals surface area contributed by atoms with Crippen molar-refractivity contribution < 1.29 is 9.53 Å². The van der Waals surface area contributed by atoms with Gasteiger partial charge in [0.1, 0.15) is 5.75 Å². The molecule has 2 aromatic rings. The Bertz CT molecular complexity index is 509. The van der Waals surface area contributed by atoms with Crippen LogP contribution < -0.4 is 10.1 Å². The van der Waals surface area contributed by atoms with E-state index in [4.69, 9.17) is 4.74 Å². The minimum atomic E-state index is -0.198. The van der Waals surface area contributed by atoms with E-state index in [2.05, 4.69) is 15.5 Å². The fraction of sp³-hybridized carbons (Fsp3) is 0.231. The fourth-order valence-corrected chi connectivity index (χ4v) is 1.46. The van der Waals surface area contributed by atoms with Gasteiger partial charge in [-0.25, -0.2) is 0 Å². The molecule has 1 amide bonds. The quantitative estimate of drug-likeness (QED) is 0.850. The molecular formula is C13H15N3O2. The first-order chi connectivity index (χ1) is 8.79. The summed E-state index contributed by atoms with van der Waals surface area (Å²) >= 11 is 0. The molecular weight excluding hydrogens is 230 g/mol. The van der Waals surface area contributed by atoms with Crippen molar-refractivity contribution in [3.63, 3.8) is 0 Å². The molecule has 18 heavy (non-hydrogen) atoms. The number of benzene rings is 1.